The maximum absolute atomic E-state index is 13.7. The fourth-order valence-electron chi connectivity index (χ4n) is 2.05. The summed E-state index contributed by atoms with van der Waals surface area (Å²) in [5, 5.41) is 9.30. The highest BCUT2D eigenvalue weighted by Gasteiger charge is 2.23. The van der Waals surface area contributed by atoms with Crippen molar-refractivity contribution >= 4 is 5.97 Å². The number of aryl methyl sites for hydroxylation is 1. The van der Waals surface area contributed by atoms with Gasteiger partial charge in [0.2, 0.25) is 0 Å². The molecule has 2 aromatic carbocycles. The van der Waals surface area contributed by atoms with E-state index in [4.69, 9.17) is 0 Å². The Labute approximate surface area is 111 Å². The van der Waals surface area contributed by atoms with Crippen LogP contribution in [0.4, 0.5) is 4.39 Å². The minimum Gasteiger partial charge on any atom is -0.481 e. The molecule has 3 heteroatoms. The molecule has 0 aromatic heterocycles. The highest BCUT2D eigenvalue weighted by molar-refractivity contribution is 5.76. The first-order chi connectivity index (χ1) is 9.08. The van der Waals surface area contributed by atoms with Crippen molar-refractivity contribution in [1.82, 2.24) is 0 Å². The number of hydrogen-bond donors (Lipinski definition) is 1. The zero-order valence-electron chi connectivity index (χ0n) is 10.6. The van der Waals surface area contributed by atoms with E-state index in [1.165, 1.54) is 12.1 Å². The van der Waals surface area contributed by atoms with Gasteiger partial charge in [0.05, 0.1) is 5.92 Å². The molecular weight excluding hydrogens is 243 g/mol. The fraction of sp³-hybridized carbons (Fsp3) is 0.188. The van der Waals surface area contributed by atoms with Crippen molar-refractivity contribution in [1.29, 1.82) is 0 Å². The number of halogens is 1. The van der Waals surface area contributed by atoms with Gasteiger partial charge in [0.1, 0.15) is 5.82 Å². The van der Waals surface area contributed by atoms with Gasteiger partial charge in [-0.15, -0.1) is 0 Å². The molecule has 2 rings (SSSR count). The summed E-state index contributed by atoms with van der Waals surface area (Å²) in [6.45, 7) is 1.97. The first-order valence-electron chi connectivity index (χ1n) is 6.10. The molecule has 1 N–H and O–H groups in total. The van der Waals surface area contributed by atoms with E-state index in [0.29, 0.717) is 0 Å². The molecule has 0 aliphatic rings. The van der Waals surface area contributed by atoms with E-state index in [1.54, 1.807) is 12.1 Å². The number of benzene rings is 2. The molecule has 0 bridgehead atoms. The van der Waals surface area contributed by atoms with Gasteiger partial charge in [-0.3, -0.25) is 4.79 Å². The van der Waals surface area contributed by atoms with E-state index < -0.39 is 17.7 Å². The van der Waals surface area contributed by atoms with Crippen molar-refractivity contribution in [3.05, 3.63) is 71.0 Å². The summed E-state index contributed by atoms with van der Waals surface area (Å²) in [5.74, 6) is -2.34. The molecule has 1 atom stereocenters. The van der Waals surface area contributed by atoms with Gasteiger partial charge in [-0.2, -0.15) is 0 Å². The molecule has 0 radical (unpaired) electrons. The number of rotatable bonds is 4. The third-order valence-electron chi connectivity index (χ3n) is 3.14. The minimum atomic E-state index is -1.01. The van der Waals surface area contributed by atoms with Crippen LogP contribution in [0.25, 0.3) is 0 Å². The van der Waals surface area contributed by atoms with Crippen LogP contribution in [0.2, 0.25) is 0 Å². The van der Waals surface area contributed by atoms with Crippen molar-refractivity contribution in [2.75, 3.05) is 0 Å². The summed E-state index contributed by atoms with van der Waals surface area (Å²) >= 11 is 0. The normalized spacial score (nSPS) is 12.1. The van der Waals surface area contributed by atoms with Crippen LogP contribution in [0.3, 0.4) is 0 Å². The highest BCUT2D eigenvalue weighted by Crippen LogP contribution is 2.24. The van der Waals surface area contributed by atoms with E-state index in [1.807, 2.05) is 31.2 Å². The van der Waals surface area contributed by atoms with Gasteiger partial charge in [-0.1, -0.05) is 48.0 Å². The zero-order chi connectivity index (χ0) is 13.8. The van der Waals surface area contributed by atoms with Gasteiger partial charge in [0, 0.05) is 5.56 Å². The minimum absolute atomic E-state index is 0.232. The second-order valence-electron chi connectivity index (χ2n) is 4.60. The van der Waals surface area contributed by atoms with E-state index in [-0.39, 0.29) is 12.0 Å². The Bertz CT molecular complexity index is 576. The lowest BCUT2D eigenvalue weighted by atomic mass is 9.91. The van der Waals surface area contributed by atoms with Crippen LogP contribution in [0, 0.1) is 12.7 Å². The van der Waals surface area contributed by atoms with Gasteiger partial charge >= 0.3 is 5.97 Å². The lowest BCUT2D eigenvalue weighted by Gasteiger charge is -2.13. The van der Waals surface area contributed by atoms with E-state index in [0.717, 1.165) is 11.1 Å². The second-order valence-corrected chi connectivity index (χ2v) is 4.60. The van der Waals surface area contributed by atoms with E-state index in [2.05, 4.69) is 0 Å². The maximum atomic E-state index is 13.7. The molecule has 0 fully saturated rings. The summed E-state index contributed by atoms with van der Waals surface area (Å²) in [6.07, 6.45) is 0.288. The highest BCUT2D eigenvalue weighted by atomic mass is 19.1. The molecule has 0 heterocycles. The molecule has 0 saturated carbocycles. The van der Waals surface area contributed by atoms with E-state index >= 15 is 0 Å². The molecule has 19 heavy (non-hydrogen) atoms. The Morgan fingerprint density at radius 2 is 1.79 bits per heavy atom. The van der Waals surface area contributed by atoms with Crippen LogP contribution in [0.5, 0.6) is 0 Å². The lowest BCUT2D eigenvalue weighted by Crippen LogP contribution is -2.15. The molecule has 1 unspecified atom stereocenters. The quantitative estimate of drug-likeness (QED) is 0.910. The van der Waals surface area contributed by atoms with Gasteiger partial charge in [0.25, 0.3) is 0 Å². The van der Waals surface area contributed by atoms with Gasteiger partial charge < -0.3 is 5.11 Å². The number of hydrogen-bond acceptors (Lipinski definition) is 1. The lowest BCUT2D eigenvalue weighted by molar-refractivity contribution is -0.138. The van der Waals surface area contributed by atoms with E-state index in [9.17, 15) is 14.3 Å². The SMILES string of the molecule is Cc1ccc(CC(C(=O)O)c2ccccc2F)cc1. The number of carbonyl (C=O) groups is 1. The van der Waals surface area contributed by atoms with Crippen molar-refractivity contribution in [3.8, 4) is 0 Å². The van der Waals surface area contributed by atoms with Crippen molar-refractivity contribution in [2.45, 2.75) is 19.3 Å². The zero-order valence-corrected chi connectivity index (χ0v) is 10.6. The monoisotopic (exact) mass is 258 g/mol. The first-order valence-corrected chi connectivity index (χ1v) is 6.10. The van der Waals surface area contributed by atoms with Crippen LogP contribution in [0.1, 0.15) is 22.6 Å². The standard InChI is InChI=1S/C16H15FO2/c1-11-6-8-12(9-7-11)10-14(16(18)19)13-4-2-3-5-15(13)17/h2-9,14H,10H2,1H3,(H,18,19). The summed E-state index contributed by atoms with van der Waals surface area (Å²) in [5.41, 5.74) is 2.23. The predicted molar refractivity (Wildman–Crippen MR) is 71.7 cm³/mol. The Morgan fingerprint density at radius 3 is 2.37 bits per heavy atom. The van der Waals surface area contributed by atoms with Crippen LogP contribution >= 0.6 is 0 Å². The maximum Gasteiger partial charge on any atom is 0.311 e. The molecule has 0 aliphatic heterocycles. The first kappa shape index (κ1) is 13.3. The molecule has 0 amide bonds. The van der Waals surface area contributed by atoms with Crippen molar-refractivity contribution < 1.29 is 14.3 Å². The molecule has 2 nitrogen and oxygen atoms in total. The molecule has 2 aromatic rings. The summed E-state index contributed by atoms with van der Waals surface area (Å²) < 4.78 is 13.7. The average molecular weight is 258 g/mol. The van der Waals surface area contributed by atoms with Crippen LogP contribution in [-0.4, -0.2) is 11.1 Å². The van der Waals surface area contributed by atoms with Crippen molar-refractivity contribution in [3.63, 3.8) is 0 Å². The Kier molecular flexibility index (Phi) is 3.95. The molecule has 0 saturated heterocycles. The Balaban J connectivity index is 2.29. The topological polar surface area (TPSA) is 37.3 Å². The second kappa shape index (κ2) is 5.65. The van der Waals surface area contributed by atoms with Gasteiger partial charge in [-0.05, 0) is 25.0 Å². The smallest absolute Gasteiger partial charge is 0.311 e. The Morgan fingerprint density at radius 1 is 1.16 bits per heavy atom. The third kappa shape index (κ3) is 3.19. The van der Waals surface area contributed by atoms with Crippen molar-refractivity contribution in [2.24, 2.45) is 0 Å². The van der Waals surface area contributed by atoms with Crippen LogP contribution < -0.4 is 0 Å². The number of carboxylic acids is 1. The molecule has 0 spiro atoms. The largest absolute Gasteiger partial charge is 0.481 e. The fourth-order valence-corrected chi connectivity index (χ4v) is 2.05. The molecular formula is C16H15FO2. The summed E-state index contributed by atoms with van der Waals surface area (Å²) in [6, 6.07) is 13.7. The number of aliphatic carboxylic acids is 1. The Hall–Kier alpha value is -2.16. The van der Waals surface area contributed by atoms with Gasteiger partial charge in [0.15, 0.2) is 0 Å². The third-order valence-corrected chi connectivity index (χ3v) is 3.14. The summed E-state index contributed by atoms with van der Waals surface area (Å²) in [4.78, 5) is 11.4. The summed E-state index contributed by atoms with van der Waals surface area (Å²) in [7, 11) is 0. The predicted octanol–water partition coefficient (Wildman–Crippen LogP) is 3.55. The number of carboxylic acid groups (broad SMARTS) is 1. The van der Waals surface area contributed by atoms with Crippen LogP contribution in [-0.2, 0) is 11.2 Å². The molecule has 98 valence electrons. The molecule has 0 aliphatic carbocycles. The average Bonchev–Trinajstić information content (AvgIpc) is 2.39. The van der Waals surface area contributed by atoms with Crippen LogP contribution in [0.15, 0.2) is 48.5 Å². The van der Waals surface area contributed by atoms with Gasteiger partial charge in [-0.25, -0.2) is 4.39 Å².